The molecule has 0 fully saturated rings. The lowest BCUT2D eigenvalue weighted by Gasteiger charge is -2.20. The third kappa shape index (κ3) is 13.2. The molecule has 0 aromatic heterocycles. The van der Waals surface area contributed by atoms with Gasteiger partial charge in [0.1, 0.15) is 0 Å². The molecule has 0 spiro atoms. The first-order valence-corrected chi connectivity index (χ1v) is 7.07. The number of hydrogen-bond donors (Lipinski definition) is 2. The Kier molecular flexibility index (Phi) is 7.09. The lowest BCUT2D eigenvalue weighted by molar-refractivity contribution is -0.123. The van der Waals surface area contributed by atoms with Gasteiger partial charge in [0.05, 0.1) is 0 Å². The topological polar surface area (TPSA) is 58.2 Å². The van der Waals surface area contributed by atoms with Crippen molar-refractivity contribution in [1.82, 2.24) is 10.6 Å². The maximum absolute atomic E-state index is 11.6. The number of carbonyl (C=O) groups excluding carboxylic acids is 2. The molecule has 0 aliphatic heterocycles. The highest BCUT2D eigenvalue weighted by molar-refractivity contribution is 5.77. The Bertz CT molecular complexity index is 268. The molecule has 2 N–H and O–H groups in total. The van der Waals surface area contributed by atoms with Gasteiger partial charge in [-0.15, -0.1) is 0 Å². The zero-order chi connectivity index (χ0) is 15.1. The maximum atomic E-state index is 11.6. The fraction of sp³-hybridized carbons (Fsp3) is 0.867. The maximum Gasteiger partial charge on any atom is 0.220 e. The van der Waals surface area contributed by atoms with Crippen LogP contribution in [0.1, 0.15) is 67.2 Å². The number of carbonyl (C=O) groups is 2. The summed E-state index contributed by atoms with van der Waals surface area (Å²) in [6.45, 7) is 12.7. The van der Waals surface area contributed by atoms with Crippen molar-refractivity contribution in [2.45, 2.75) is 72.8 Å². The van der Waals surface area contributed by atoms with E-state index in [4.69, 9.17) is 0 Å². The van der Waals surface area contributed by atoms with E-state index in [0.717, 1.165) is 12.8 Å². The molecule has 0 radical (unpaired) electrons. The second kappa shape index (κ2) is 7.51. The van der Waals surface area contributed by atoms with Gasteiger partial charge in [0.2, 0.25) is 11.8 Å². The highest BCUT2D eigenvalue weighted by Crippen LogP contribution is 2.17. The van der Waals surface area contributed by atoms with Crippen LogP contribution in [-0.2, 0) is 9.59 Å². The molecule has 4 nitrogen and oxygen atoms in total. The summed E-state index contributed by atoms with van der Waals surface area (Å²) in [6.07, 6.45) is 2.70. The van der Waals surface area contributed by atoms with Crippen LogP contribution in [0.5, 0.6) is 0 Å². The first-order chi connectivity index (χ1) is 8.49. The van der Waals surface area contributed by atoms with E-state index in [0.29, 0.717) is 19.4 Å². The van der Waals surface area contributed by atoms with Crippen molar-refractivity contribution in [3.8, 4) is 0 Å². The first-order valence-electron chi connectivity index (χ1n) is 7.07. The normalized spacial score (nSPS) is 12.1. The summed E-state index contributed by atoms with van der Waals surface area (Å²) in [5, 5.41) is 5.81. The van der Waals surface area contributed by atoms with Crippen molar-refractivity contribution in [1.29, 1.82) is 0 Å². The van der Waals surface area contributed by atoms with Gasteiger partial charge >= 0.3 is 0 Å². The Labute approximate surface area is 117 Å². The third-order valence-corrected chi connectivity index (χ3v) is 2.36. The minimum atomic E-state index is -0.169. The van der Waals surface area contributed by atoms with Gasteiger partial charge in [-0.3, -0.25) is 9.59 Å². The Morgan fingerprint density at radius 3 is 1.95 bits per heavy atom. The van der Waals surface area contributed by atoms with Crippen molar-refractivity contribution in [2.75, 3.05) is 6.54 Å². The summed E-state index contributed by atoms with van der Waals surface area (Å²) >= 11 is 0. The fourth-order valence-corrected chi connectivity index (χ4v) is 1.66. The minimum absolute atomic E-state index is 0.0245. The second-order valence-corrected chi connectivity index (χ2v) is 7.34. The average molecular weight is 270 g/mol. The van der Waals surface area contributed by atoms with Gasteiger partial charge in [0.25, 0.3) is 0 Å². The minimum Gasteiger partial charge on any atom is -0.356 e. The summed E-state index contributed by atoms with van der Waals surface area (Å²) in [4.78, 5) is 23.1. The van der Waals surface area contributed by atoms with E-state index in [-0.39, 0.29) is 22.8 Å². The third-order valence-electron chi connectivity index (χ3n) is 2.36. The lowest BCUT2D eigenvalue weighted by Crippen LogP contribution is -2.40. The molecular weight excluding hydrogens is 240 g/mol. The molecule has 112 valence electrons. The Morgan fingerprint density at radius 1 is 0.895 bits per heavy atom. The van der Waals surface area contributed by atoms with E-state index in [9.17, 15) is 9.59 Å². The summed E-state index contributed by atoms with van der Waals surface area (Å²) in [6, 6.07) is 0. The molecule has 0 bridgehead atoms. The fourth-order valence-electron chi connectivity index (χ4n) is 1.66. The Morgan fingerprint density at radius 2 is 1.47 bits per heavy atom. The molecule has 0 saturated heterocycles. The number of unbranched alkanes of at least 4 members (excludes halogenated alkanes) is 1. The molecule has 4 heteroatoms. The standard InChI is InChI=1S/C15H30N2O2/c1-14(2,3)11-13(19)16-10-8-7-9-12(18)17-15(4,5)6/h7-11H2,1-6H3,(H,16,19)(H,17,18). The zero-order valence-electron chi connectivity index (χ0n) is 13.4. The number of rotatable bonds is 6. The van der Waals surface area contributed by atoms with Gasteiger partial charge < -0.3 is 10.6 Å². The molecular formula is C15H30N2O2. The van der Waals surface area contributed by atoms with Crippen molar-refractivity contribution in [3.63, 3.8) is 0 Å². The van der Waals surface area contributed by atoms with Crippen molar-refractivity contribution in [3.05, 3.63) is 0 Å². The zero-order valence-corrected chi connectivity index (χ0v) is 13.4. The van der Waals surface area contributed by atoms with Crippen LogP contribution in [0.25, 0.3) is 0 Å². The monoisotopic (exact) mass is 270 g/mol. The summed E-state index contributed by atoms with van der Waals surface area (Å²) < 4.78 is 0. The van der Waals surface area contributed by atoms with Crippen LogP contribution in [0.15, 0.2) is 0 Å². The van der Waals surface area contributed by atoms with E-state index < -0.39 is 0 Å². The molecule has 0 atom stereocenters. The Hall–Kier alpha value is -1.06. The van der Waals surface area contributed by atoms with Gasteiger partial charge in [-0.25, -0.2) is 0 Å². The summed E-state index contributed by atoms with van der Waals surface area (Å²) in [5.41, 5.74) is -0.144. The molecule has 0 rings (SSSR count). The van der Waals surface area contributed by atoms with Gasteiger partial charge in [0.15, 0.2) is 0 Å². The summed E-state index contributed by atoms with van der Waals surface area (Å²) in [5.74, 6) is 0.167. The van der Waals surface area contributed by atoms with Crippen molar-refractivity contribution in [2.24, 2.45) is 5.41 Å². The van der Waals surface area contributed by atoms with Crippen LogP contribution in [0.2, 0.25) is 0 Å². The largest absolute Gasteiger partial charge is 0.356 e. The van der Waals surface area contributed by atoms with Crippen molar-refractivity contribution < 1.29 is 9.59 Å². The van der Waals surface area contributed by atoms with E-state index in [1.54, 1.807) is 0 Å². The SMILES string of the molecule is CC(C)(C)CC(=O)NCCCCC(=O)NC(C)(C)C. The predicted octanol–water partition coefficient (Wildman–Crippen LogP) is 2.62. The van der Waals surface area contributed by atoms with Gasteiger partial charge in [-0.1, -0.05) is 20.8 Å². The van der Waals surface area contributed by atoms with Crippen LogP contribution >= 0.6 is 0 Å². The highest BCUT2D eigenvalue weighted by Gasteiger charge is 2.15. The molecule has 0 aliphatic rings. The molecule has 0 unspecified atom stereocenters. The number of nitrogens with one attached hydrogen (secondary N) is 2. The van der Waals surface area contributed by atoms with Crippen LogP contribution in [-0.4, -0.2) is 23.9 Å². The van der Waals surface area contributed by atoms with Crippen molar-refractivity contribution >= 4 is 11.8 Å². The molecule has 0 aromatic carbocycles. The van der Waals surface area contributed by atoms with E-state index >= 15 is 0 Å². The highest BCUT2D eigenvalue weighted by atomic mass is 16.2. The van der Waals surface area contributed by atoms with E-state index in [2.05, 4.69) is 10.6 Å². The molecule has 19 heavy (non-hydrogen) atoms. The smallest absolute Gasteiger partial charge is 0.220 e. The predicted molar refractivity (Wildman–Crippen MR) is 78.8 cm³/mol. The molecule has 0 saturated carbocycles. The van der Waals surface area contributed by atoms with Crippen LogP contribution in [0, 0.1) is 5.41 Å². The number of amides is 2. The molecule has 0 aromatic rings. The van der Waals surface area contributed by atoms with E-state index in [1.165, 1.54) is 0 Å². The molecule has 0 heterocycles. The second-order valence-electron chi connectivity index (χ2n) is 7.34. The lowest BCUT2D eigenvalue weighted by atomic mass is 9.92. The average Bonchev–Trinajstić information content (AvgIpc) is 2.10. The van der Waals surface area contributed by atoms with Gasteiger partial charge in [-0.2, -0.15) is 0 Å². The first kappa shape index (κ1) is 17.9. The quantitative estimate of drug-likeness (QED) is 0.729. The summed E-state index contributed by atoms with van der Waals surface area (Å²) in [7, 11) is 0. The number of hydrogen-bond acceptors (Lipinski definition) is 2. The van der Waals surface area contributed by atoms with Gasteiger partial charge in [0, 0.05) is 24.9 Å². The van der Waals surface area contributed by atoms with E-state index in [1.807, 2.05) is 41.5 Å². The molecule has 2 amide bonds. The van der Waals surface area contributed by atoms with Crippen LogP contribution in [0.3, 0.4) is 0 Å². The van der Waals surface area contributed by atoms with Crippen LogP contribution < -0.4 is 10.6 Å². The van der Waals surface area contributed by atoms with Crippen LogP contribution in [0.4, 0.5) is 0 Å². The molecule has 0 aliphatic carbocycles. The van der Waals surface area contributed by atoms with Gasteiger partial charge in [-0.05, 0) is 39.0 Å². The Balaban J connectivity index is 3.61.